The number of aromatic nitrogens is 5. The van der Waals surface area contributed by atoms with Crippen LogP contribution in [0.5, 0.6) is 0 Å². The van der Waals surface area contributed by atoms with E-state index in [4.69, 9.17) is 0 Å². The molecule has 0 amide bonds. The van der Waals surface area contributed by atoms with Crippen LogP contribution < -0.4 is 4.90 Å². The molecule has 0 spiro atoms. The molecule has 6 nitrogen and oxygen atoms in total. The average Bonchev–Trinajstić information content (AvgIpc) is 2.92. The van der Waals surface area contributed by atoms with Crippen molar-refractivity contribution in [3.8, 4) is 0 Å². The number of para-hydroxylation sites is 2. The number of imidazole rings is 1. The molecule has 3 rings (SSSR count). The van der Waals surface area contributed by atoms with Gasteiger partial charge < -0.3 is 4.90 Å². The quantitative estimate of drug-likeness (QED) is 0.683. The van der Waals surface area contributed by atoms with Crippen molar-refractivity contribution in [1.82, 2.24) is 24.5 Å². The minimum absolute atomic E-state index is 0.0926. The molecular formula is C16H18F2N6S. The Morgan fingerprint density at radius 2 is 1.76 bits per heavy atom. The minimum atomic E-state index is -2.70. The molecule has 25 heavy (non-hydrogen) atoms. The fourth-order valence-electron chi connectivity index (χ4n) is 2.23. The Bertz CT molecular complexity index is 867. The highest BCUT2D eigenvalue weighted by atomic mass is 32.2. The van der Waals surface area contributed by atoms with E-state index in [1.807, 2.05) is 27.9 Å². The number of halogens is 2. The number of benzene rings is 1. The van der Waals surface area contributed by atoms with Crippen molar-refractivity contribution in [2.24, 2.45) is 0 Å². The summed E-state index contributed by atoms with van der Waals surface area (Å²) in [6.07, 6.45) is 0. The van der Waals surface area contributed by atoms with Gasteiger partial charge in [0.25, 0.3) is 0 Å². The molecule has 0 fully saturated rings. The number of fused-ring (bicyclic) bond motifs is 1. The van der Waals surface area contributed by atoms with E-state index in [0.717, 1.165) is 16.3 Å². The first-order chi connectivity index (χ1) is 11.9. The van der Waals surface area contributed by atoms with Crippen molar-refractivity contribution in [1.29, 1.82) is 0 Å². The number of hydrogen-bond acceptors (Lipinski definition) is 6. The molecule has 0 bridgehead atoms. The van der Waals surface area contributed by atoms with Crippen molar-refractivity contribution < 1.29 is 8.78 Å². The van der Waals surface area contributed by atoms with Gasteiger partial charge in [0.2, 0.25) is 11.1 Å². The summed E-state index contributed by atoms with van der Waals surface area (Å²) in [5.74, 6) is 1.19. The van der Waals surface area contributed by atoms with Gasteiger partial charge in [-0.3, -0.25) is 4.57 Å². The van der Waals surface area contributed by atoms with Gasteiger partial charge in [0.1, 0.15) is 5.82 Å². The van der Waals surface area contributed by atoms with Crippen molar-refractivity contribution in [2.45, 2.75) is 36.6 Å². The second-order valence-electron chi connectivity index (χ2n) is 5.96. The van der Waals surface area contributed by atoms with Gasteiger partial charge in [-0.25, -0.2) is 9.97 Å². The molecule has 1 aromatic carbocycles. The standard InChI is InChI=1S/C16H18F2N6S/c1-9(2)12-20-14(23(3)4)22-15(21-12)25-16-19-10-7-5-6-8-11(10)24(16)13(17)18/h5-9,13H,1-4H3. The Morgan fingerprint density at radius 3 is 2.40 bits per heavy atom. The van der Waals surface area contributed by atoms with Crippen LogP contribution in [-0.4, -0.2) is 38.6 Å². The predicted molar refractivity (Wildman–Crippen MR) is 93.4 cm³/mol. The fraction of sp³-hybridized carbons (Fsp3) is 0.375. The van der Waals surface area contributed by atoms with E-state index in [0.29, 0.717) is 28.0 Å². The van der Waals surface area contributed by atoms with E-state index in [9.17, 15) is 8.78 Å². The smallest absolute Gasteiger partial charge is 0.321 e. The first-order valence-electron chi connectivity index (χ1n) is 7.73. The Balaban J connectivity index is 2.08. The van der Waals surface area contributed by atoms with E-state index in [-0.39, 0.29) is 11.1 Å². The van der Waals surface area contributed by atoms with Gasteiger partial charge in [-0.05, 0) is 23.9 Å². The third kappa shape index (κ3) is 3.55. The summed E-state index contributed by atoms with van der Waals surface area (Å²) in [4.78, 5) is 19.2. The minimum Gasteiger partial charge on any atom is -0.347 e. The maximum absolute atomic E-state index is 13.6. The molecule has 3 aromatic rings. The fourth-order valence-corrected chi connectivity index (χ4v) is 3.08. The van der Waals surface area contributed by atoms with Gasteiger partial charge in [-0.1, -0.05) is 26.0 Å². The van der Waals surface area contributed by atoms with Gasteiger partial charge >= 0.3 is 6.55 Å². The summed E-state index contributed by atoms with van der Waals surface area (Å²) in [5, 5.41) is 0.501. The highest BCUT2D eigenvalue weighted by Gasteiger charge is 2.20. The zero-order valence-electron chi connectivity index (χ0n) is 14.3. The number of hydrogen-bond donors (Lipinski definition) is 0. The second kappa shape index (κ2) is 6.91. The van der Waals surface area contributed by atoms with Crippen LogP contribution in [0.4, 0.5) is 14.7 Å². The van der Waals surface area contributed by atoms with Crippen LogP contribution in [0.3, 0.4) is 0 Å². The Hall–Kier alpha value is -2.29. The summed E-state index contributed by atoms with van der Waals surface area (Å²) in [7, 11) is 3.64. The molecule has 0 radical (unpaired) electrons. The van der Waals surface area contributed by atoms with Crippen LogP contribution in [0.1, 0.15) is 32.1 Å². The third-order valence-corrected chi connectivity index (χ3v) is 4.31. The maximum atomic E-state index is 13.6. The topological polar surface area (TPSA) is 59.7 Å². The molecular weight excluding hydrogens is 346 g/mol. The first-order valence-corrected chi connectivity index (χ1v) is 8.54. The van der Waals surface area contributed by atoms with Crippen molar-refractivity contribution in [3.63, 3.8) is 0 Å². The summed E-state index contributed by atoms with van der Waals surface area (Å²) in [6, 6.07) is 6.80. The molecule has 2 heterocycles. The normalized spacial score (nSPS) is 11.7. The lowest BCUT2D eigenvalue weighted by Crippen LogP contribution is -2.16. The predicted octanol–water partition coefficient (Wildman–Crippen LogP) is 3.96. The number of nitrogens with zero attached hydrogens (tertiary/aromatic N) is 6. The number of anilines is 1. The highest BCUT2D eigenvalue weighted by molar-refractivity contribution is 7.99. The van der Waals surface area contributed by atoms with Crippen molar-refractivity contribution in [2.75, 3.05) is 19.0 Å². The van der Waals surface area contributed by atoms with Gasteiger partial charge in [0.15, 0.2) is 5.16 Å². The lowest BCUT2D eigenvalue weighted by Gasteiger charge is -2.14. The molecule has 0 aliphatic carbocycles. The maximum Gasteiger partial charge on any atom is 0.321 e. The molecule has 2 aromatic heterocycles. The third-order valence-electron chi connectivity index (χ3n) is 3.48. The van der Waals surface area contributed by atoms with Crippen LogP contribution in [0.25, 0.3) is 11.0 Å². The molecule has 0 saturated carbocycles. The second-order valence-corrected chi connectivity index (χ2v) is 6.89. The van der Waals surface area contributed by atoms with Crippen LogP contribution in [0.2, 0.25) is 0 Å². The van der Waals surface area contributed by atoms with E-state index in [1.165, 1.54) is 0 Å². The molecule has 132 valence electrons. The Kier molecular flexibility index (Phi) is 4.85. The summed E-state index contributed by atoms with van der Waals surface area (Å²) < 4.78 is 28.0. The van der Waals surface area contributed by atoms with Gasteiger partial charge in [0.05, 0.1) is 11.0 Å². The average molecular weight is 364 g/mol. The van der Waals surface area contributed by atoms with Crippen LogP contribution in [-0.2, 0) is 0 Å². The van der Waals surface area contributed by atoms with E-state index in [2.05, 4.69) is 19.9 Å². The Labute approximate surface area is 148 Å². The summed E-state index contributed by atoms with van der Waals surface area (Å²) in [5.41, 5.74) is 0.891. The molecule has 9 heteroatoms. The van der Waals surface area contributed by atoms with Crippen molar-refractivity contribution in [3.05, 3.63) is 30.1 Å². The first kappa shape index (κ1) is 17.5. The van der Waals surface area contributed by atoms with Gasteiger partial charge in [-0.15, -0.1) is 0 Å². The largest absolute Gasteiger partial charge is 0.347 e. The number of alkyl halides is 2. The molecule has 0 aliphatic heterocycles. The van der Waals surface area contributed by atoms with E-state index in [1.54, 1.807) is 29.2 Å². The SMILES string of the molecule is CC(C)c1nc(Sc2nc3ccccc3n2C(F)F)nc(N(C)C)n1. The molecule has 0 unspecified atom stereocenters. The molecule has 0 atom stereocenters. The zero-order valence-corrected chi connectivity index (χ0v) is 15.1. The molecule has 0 aliphatic rings. The lowest BCUT2D eigenvalue weighted by atomic mass is 10.2. The van der Waals surface area contributed by atoms with Gasteiger partial charge in [-0.2, -0.15) is 18.7 Å². The van der Waals surface area contributed by atoms with Crippen LogP contribution in [0.15, 0.2) is 34.6 Å². The highest BCUT2D eigenvalue weighted by Crippen LogP contribution is 2.32. The van der Waals surface area contributed by atoms with Crippen LogP contribution in [0, 0.1) is 0 Å². The Morgan fingerprint density at radius 1 is 1.04 bits per heavy atom. The summed E-state index contributed by atoms with van der Waals surface area (Å²) in [6.45, 7) is 1.24. The summed E-state index contributed by atoms with van der Waals surface area (Å²) >= 11 is 1.01. The lowest BCUT2D eigenvalue weighted by molar-refractivity contribution is 0.0656. The zero-order chi connectivity index (χ0) is 18.1. The van der Waals surface area contributed by atoms with E-state index >= 15 is 0 Å². The monoisotopic (exact) mass is 364 g/mol. The van der Waals surface area contributed by atoms with Crippen LogP contribution >= 0.6 is 11.8 Å². The number of rotatable bonds is 5. The molecule has 0 saturated heterocycles. The van der Waals surface area contributed by atoms with Crippen molar-refractivity contribution >= 4 is 28.7 Å². The molecule has 0 N–H and O–H groups in total. The van der Waals surface area contributed by atoms with Gasteiger partial charge in [0, 0.05) is 20.0 Å². The van der Waals surface area contributed by atoms with E-state index < -0.39 is 6.55 Å².